The minimum atomic E-state index is -0.323. The Morgan fingerprint density at radius 1 is 0.860 bits per heavy atom. The van der Waals surface area contributed by atoms with Crippen molar-refractivity contribution in [3.63, 3.8) is 0 Å². The molecule has 1 aromatic heterocycles. The van der Waals surface area contributed by atoms with Gasteiger partial charge in [0.05, 0.1) is 25.6 Å². The molecule has 0 spiro atoms. The summed E-state index contributed by atoms with van der Waals surface area (Å²) in [5, 5.41) is 6.46. The van der Waals surface area contributed by atoms with Gasteiger partial charge in [-0.3, -0.25) is 0 Å². The van der Waals surface area contributed by atoms with Crippen molar-refractivity contribution < 1.29 is 14.3 Å². The van der Waals surface area contributed by atoms with Crippen LogP contribution in [0.15, 0.2) is 66.7 Å². The molecule has 1 fully saturated rings. The van der Waals surface area contributed by atoms with E-state index >= 15 is 0 Å². The fraction of sp³-hybridized carbons (Fsp3) is 0.303. The summed E-state index contributed by atoms with van der Waals surface area (Å²) in [5.74, 6) is 2.73. The van der Waals surface area contributed by atoms with Crippen LogP contribution in [0.25, 0.3) is 0 Å². The van der Waals surface area contributed by atoms with Crippen LogP contribution in [0.3, 0.4) is 0 Å². The lowest BCUT2D eigenvalue weighted by atomic mass is 10.1. The fourth-order valence-corrected chi connectivity index (χ4v) is 5.18. The molecule has 224 valence electrons. The van der Waals surface area contributed by atoms with Gasteiger partial charge in [0.1, 0.15) is 29.0 Å². The first-order valence-electron chi connectivity index (χ1n) is 14.3. The minimum Gasteiger partial charge on any atom is -0.497 e. The third-order valence-electron chi connectivity index (χ3n) is 7.62. The number of para-hydroxylation sites is 1. The number of amides is 2. The number of hydrogen-bond acceptors (Lipinski definition) is 8. The van der Waals surface area contributed by atoms with Gasteiger partial charge in [-0.05, 0) is 75.3 Å². The van der Waals surface area contributed by atoms with Crippen LogP contribution >= 0.6 is 0 Å². The highest BCUT2D eigenvalue weighted by molar-refractivity contribution is 6.07. The summed E-state index contributed by atoms with van der Waals surface area (Å²) in [5.41, 5.74) is 5.25. The first-order chi connectivity index (χ1) is 20.7. The molecular weight excluding hydrogens is 542 g/mol. The van der Waals surface area contributed by atoms with Crippen LogP contribution in [0, 0.1) is 20.8 Å². The predicted molar refractivity (Wildman–Crippen MR) is 173 cm³/mol. The number of aromatic nitrogens is 2. The van der Waals surface area contributed by atoms with Gasteiger partial charge in [0.15, 0.2) is 0 Å². The van der Waals surface area contributed by atoms with Crippen LogP contribution < -0.4 is 29.9 Å². The Balaban J connectivity index is 1.51. The number of methoxy groups -OCH3 is 2. The van der Waals surface area contributed by atoms with Crippen LogP contribution in [0.1, 0.15) is 17.0 Å². The summed E-state index contributed by atoms with van der Waals surface area (Å²) in [4.78, 5) is 29.7. The number of aryl methyl sites for hydroxylation is 3. The molecule has 0 radical (unpaired) electrons. The van der Waals surface area contributed by atoms with Crippen LogP contribution in [0.5, 0.6) is 11.5 Å². The van der Waals surface area contributed by atoms with Crippen molar-refractivity contribution in [2.24, 2.45) is 0 Å². The number of hydrogen-bond donors (Lipinski definition) is 2. The number of carbonyl (C=O) groups excluding carboxylic acids is 1. The Bertz CT molecular complexity index is 1560. The average Bonchev–Trinajstić information content (AvgIpc) is 3.00. The first kappa shape index (κ1) is 29.7. The van der Waals surface area contributed by atoms with Gasteiger partial charge < -0.3 is 29.9 Å². The average molecular weight is 582 g/mol. The van der Waals surface area contributed by atoms with Gasteiger partial charge in [0, 0.05) is 49.7 Å². The zero-order valence-electron chi connectivity index (χ0n) is 25.6. The Hall–Kier alpha value is -4.83. The Labute approximate surface area is 253 Å². The van der Waals surface area contributed by atoms with Crippen LogP contribution in [-0.2, 0) is 0 Å². The maximum absolute atomic E-state index is 14.1. The van der Waals surface area contributed by atoms with E-state index in [0.29, 0.717) is 40.3 Å². The van der Waals surface area contributed by atoms with Crippen molar-refractivity contribution in [1.82, 2.24) is 14.9 Å². The highest BCUT2D eigenvalue weighted by Gasteiger charge is 2.23. The third kappa shape index (κ3) is 6.81. The Morgan fingerprint density at radius 2 is 1.56 bits per heavy atom. The fourth-order valence-electron chi connectivity index (χ4n) is 5.18. The molecule has 1 aliphatic heterocycles. The number of nitrogens with one attached hydrogen (secondary N) is 2. The molecule has 1 aliphatic rings. The second kappa shape index (κ2) is 13.0. The van der Waals surface area contributed by atoms with Gasteiger partial charge >= 0.3 is 6.03 Å². The van der Waals surface area contributed by atoms with Crippen molar-refractivity contribution >= 4 is 40.4 Å². The second-order valence-electron chi connectivity index (χ2n) is 10.7. The Kier molecular flexibility index (Phi) is 8.96. The minimum absolute atomic E-state index is 0.323. The number of likely N-dealkylation sites (N-methyl/N-ethyl adjacent to an activating group) is 1. The lowest BCUT2D eigenvalue weighted by Crippen LogP contribution is -2.44. The van der Waals surface area contributed by atoms with E-state index in [1.807, 2.05) is 56.3 Å². The largest absolute Gasteiger partial charge is 0.497 e. The van der Waals surface area contributed by atoms with E-state index in [4.69, 9.17) is 14.5 Å². The Morgan fingerprint density at radius 3 is 2.21 bits per heavy atom. The van der Waals surface area contributed by atoms with Gasteiger partial charge in [0.25, 0.3) is 0 Å². The summed E-state index contributed by atoms with van der Waals surface area (Å²) in [6, 6.07) is 20.9. The normalized spacial score (nSPS) is 13.4. The molecule has 3 aromatic carbocycles. The molecule has 0 saturated carbocycles. The van der Waals surface area contributed by atoms with Crippen molar-refractivity contribution in [3.8, 4) is 11.5 Å². The summed E-state index contributed by atoms with van der Waals surface area (Å²) >= 11 is 0. The number of benzene rings is 3. The van der Waals surface area contributed by atoms with E-state index in [1.165, 1.54) is 0 Å². The van der Waals surface area contributed by atoms with Crippen molar-refractivity contribution in [1.29, 1.82) is 0 Å². The second-order valence-corrected chi connectivity index (χ2v) is 10.7. The van der Waals surface area contributed by atoms with E-state index in [1.54, 1.807) is 38.2 Å². The highest BCUT2D eigenvalue weighted by atomic mass is 16.5. The van der Waals surface area contributed by atoms with E-state index in [2.05, 4.69) is 44.6 Å². The molecule has 0 aliphatic carbocycles. The number of ether oxygens (including phenoxy) is 2. The zero-order chi connectivity index (χ0) is 30.5. The maximum Gasteiger partial charge on any atom is 0.332 e. The standard InChI is InChI=1S/C33H39N7O3/c1-22-8-7-9-23(2)32(22)37-33(41)40(26-12-10-25(11-13-26)39-18-16-38(4)17-19-39)31-21-30(34-24(3)35-31)36-28-15-14-27(42-5)20-29(28)43-6/h7-15,20-21H,16-19H2,1-6H3,(H,37,41)(H,34,35,36). The molecule has 2 N–H and O–H groups in total. The van der Waals surface area contributed by atoms with Gasteiger partial charge in [-0.25, -0.2) is 19.7 Å². The SMILES string of the molecule is COc1ccc(Nc2cc(N(C(=O)Nc3c(C)cccc3C)c3ccc(N4CCN(C)CC4)cc3)nc(C)n2)c(OC)c1. The molecular formula is C33H39N7O3. The quantitative estimate of drug-likeness (QED) is 0.251. The van der Waals surface area contributed by atoms with Crippen LogP contribution in [0.4, 0.5) is 39.2 Å². The monoisotopic (exact) mass is 581 g/mol. The van der Waals surface area contributed by atoms with E-state index < -0.39 is 0 Å². The number of rotatable bonds is 8. The number of carbonyl (C=O) groups is 1. The topological polar surface area (TPSA) is 95.1 Å². The first-order valence-corrected chi connectivity index (χ1v) is 14.3. The zero-order valence-corrected chi connectivity index (χ0v) is 25.6. The van der Waals surface area contributed by atoms with Gasteiger partial charge in [-0.2, -0.15) is 0 Å². The summed E-state index contributed by atoms with van der Waals surface area (Å²) in [7, 11) is 5.35. The third-order valence-corrected chi connectivity index (χ3v) is 7.62. The number of anilines is 6. The van der Waals surface area contributed by atoms with Crippen molar-refractivity contribution in [3.05, 3.63) is 83.7 Å². The van der Waals surface area contributed by atoms with Gasteiger partial charge in [-0.15, -0.1) is 0 Å². The summed E-state index contributed by atoms with van der Waals surface area (Å²) < 4.78 is 10.9. The smallest absolute Gasteiger partial charge is 0.332 e. The number of urea groups is 1. The maximum atomic E-state index is 14.1. The molecule has 2 heterocycles. The summed E-state index contributed by atoms with van der Waals surface area (Å²) in [6.45, 7) is 9.72. The molecule has 1 saturated heterocycles. The molecule has 10 nitrogen and oxygen atoms in total. The van der Waals surface area contributed by atoms with Crippen molar-refractivity contribution in [2.75, 3.05) is 67.9 Å². The van der Waals surface area contributed by atoms with E-state index in [9.17, 15) is 4.79 Å². The van der Waals surface area contributed by atoms with Crippen LogP contribution in [-0.4, -0.2) is 68.3 Å². The van der Waals surface area contributed by atoms with E-state index in [-0.39, 0.29) is 6.03 Å². The molecule has 43 heavy (non-hydrogen) atoms. The van der Waals surface area contributed by atoms with Crippen LogP contribution in [0.2, 0.25) is 0 Å². The lowest BCUT2D eigenvalue weighted by Gasteiger charge is -2.34. The molecule has 5 rings (SSSR count). The van der Waals surface area contributed by atoms with Gasteiger partial charge in [-0.1, -0.05) is 18.2 Å². The summed E-state index contributed by atoms with van der Waals surface area (Å²) in [6.07, 6.45) is 0. The number of piperazine rings is 1. The predicted octanol–water partition coefficient (Wildman–Crippen LogP) is 6.28. The molecule has 2 amide bonds. The number of nitrogens with zero attached hydrogens (tertiary/aromatic N) is 5. The molecule has 0 unspecified atom stereocenters. The molecule has 0 atom stereocenters. The van der Waals surface area contributed by atoms with Crippen molar-refractivity contribution in [2.45, 2.75) is 20.8 Å². The lowest BCUT2D eigenvalue weighted by molar-refractivity contribution is 0.259. The van der Waals surface area contributed by atoms with E-state index in [0.717, 1.165) is 48.7 Å². The molecule has 4 aromatic rings. The molecule has 10 heteroatoms. The molecule has 0 bridgehead atoms. The van der Waals surface area contributed by atoms with Gasteiger partial charge in [0.2, 0.25) is 0 Å². The highest BCUT2D eigenvalue weighted by Crippen LogP contribution is 2.34.